The predicted molar refractivity (Wildman–Crippen MR) is 71.9 cm³/mol. The van der Waals surface area contributed by atoms with E-state index in [4.69, 9.17) is 4.74 Å². The highest BCUT2D eigenvalue weighted by Crippen LogP contribution is 2.14. The molecule has 0 bridgehead atoms. The van der Waals surface area contributed by atoms with Crippen molar-refractivity contribution in [2.75, 3.05) is 32.1 Å². The SMILES string of the molecule is COC(=O)c1cccc(NCCC2CCNC2)c1. The lowest BCUT2D eigenvalue weighted by Gasteiger charge is -2.11. The Balaban J connectivity index is 1.83. The van der Waals surface area contributed by atoms with E-state index in [9.17, 15) is 4.79 Å². The highest BCUT2D eigenvalue weighted by atomic mass is 16.5. The van der Waals surface area contributed by atoms with E-state index in [2.05, 4.69) is 10.6 Å². The molecular formula is C14H20N2O2. The average Bonchev–Trinajstić information content (AvgIpc) is 2.91. The van der Waals surface area contributed by atoms with Gasteiger partial charge in [0.1, 0.15) is 0 Å². The maximum Gasteiger partial charge on any atom is 0.337 e. The predicted octanol–water partition coefficient (Wildman–Crippen LogP) is 1.88. The Bertz CT molecular complexity index is 401. The second-order valence-electron chi connectivity index (χ2n) is 4.65. The van der Waals surface area contributed by atoms with Crippen molar-refractivity contribution in [3.63, 3.8) is 0 Å². The molecule has 1 aliphatic heterocycles. The van der Waals surface area contributed by atoms with Crippen molar-refractivity contribution in [2.45, 2.75) is 12.8 Å². The van der Waals surface area contributed by atoms with Crippen LogP contribution in [-0.4, -0.2) is 32.7 Å². The highest BCUT2D eigenvalue weighted by molar-refractivity contribution is 5.90. The number of carbonyl (C=O) groups is 1. The molecule has 1 unspecified atom stereocenters. The van der Waals surface area contributed by atoms with Crippen molar-refractivity contribution < 1.29 is 9.53 Å². The maximum atomic E-state index is 11.4. The van der Waals surface area contributed by atoms with E-state index in [1.54, 1.807) is 6.07 Å². The Labute approximate surface area is 108 Å². The second kappa shape index (κ2) is 6.40. The first kappa shape index (κ1) is 12.9. The third-order valence-electron chi connectivity index (χ3n) is 3.33. The topological polar surface area (TPSA) is 50.4 Å². The van der Waals surface area contributed by atoms with Gasteiger partial charge in [-0.15, -0.1) is 0 Å². The zero-order chi connectivity index (χ0) is 12.8. The molecule has 0 spiro atoms. The standard InChI is InChI=1S/C14H20N2O2/c1-18-14(17)12-3-2-4-13(9-12)16-8-6-11-5-7-15-10-11/h2-4,9,11,15-16H,5-8,10H2,1H3. The minimum atomic E-state index is -0.293. The Morgan fingerprint density at radius 3 is 3.17 bits per heavy atom. The van der Waals surface area contributed by atoms with Crippen LogP contribution in [0.4, 0.5) is 5.69 Å². The summed E-state index contributed by atoms with van der Waals surface area (Å²) in [6, 6.07) is 7.43. The molecule has 2 N–H and O–H groups in total. The summed E-state index contributed by atoms with van der Waals surface area (Å²) in [7, 11) is 1.40. The summed E-state index contributed by atoms with van der Waals surface area (Å²) in [5.74, 6) is 0.486. The first-order valence-corrected chi connectivity index (χ1v) is 6.42. The summed E-state index contributed by atoms with van der Waals surface area (Å²) < 4.78 is 4.70. The Morgan fingerprint density at radius 1 is 1.56 bits per heavy atom. The van der Waals surface area contributed by atoms with Crippen LogP contribution in [0.15, 0.2) is 24.3 Å². The zero-order valence-corrected chi connectivity index (χ0v) is 10.7. The van der Waals surface area contributed by atoms with E-state index < -0.39 is 0 Å². The van der Waals surface area contributed by atoms with Crippen molar-refractivity contribution in [1.29, 1.82) is 0 Å². The lowest BCUT2D eigenvalue weighted by molar-refractivity contribution is 0.0601. The van der Waals surface area contributed by atoms with Gasteiger partial charge in [-0.1, -0.05) is 6.07 Å². The fourth-order valence-electron chi connectivity index (χ4n) is 2.26. The molecule has 18 heavy (non-hydrogen) atoms. The van der Waals surface area contributed by atoms with Gasteiger partial charge in [0, 0.05) is 12.2 Å². The average molecular weight is 248 g/mol. The zero-order valence-electron chi connectivity index (χ0n) is 10.7. The lowest BCUT2D eigenvalue weighted by atomic mass is 10.1. The molecular weight excluding hydrogens is 228 g/mol. The van der Waals surface area contributed by atoms with Crippen LogP contribution in [0.5, 0.6) is 0 Å². The number of hydrogen-bond acceptors (Lipinski definition) is 4. The normalized spacial score (nSPS) is 18.6. The third-order valence-corrected chi connectivity index (χ3v) is 3.33. The summed E-state index contributed by atoms with van der Waals surface area (Å²) in [5, 5.41) is 6.72. The van der Waals surface area contributed by atoms with Crippen LogP contribution < -0.4 is 10.6 Å². The number of hydrogen-bond donors (Lipinski definition) is 2. The van der Waals surface area contributed by atoms with Crippen LogP contribution in [-0.2, 0) is 4.74 Å². The molecule has 1 atom stereocenters. The minimum absolute atomic E-state index is 0.293. The summed E-state index contributed by atoms with van der Waals surface area (Å²) in [4.78, 5) is 11.4. The minimum Gasteiger partial charge on any atom is -0.465 e. The van der Waals surface area contributed by atoms with Gasteiger partial charge < -0.3 is 15.4 Å². The van der Waals surface area contributed by atoms with Gasteiger partial charge in [0.05, 0.1) is 12.7 Å². The van der Waals surface area contributed by atoms with Gasteiger partial charge in [-0.2, -0.15) is 0 Å². The van der Waals surface area contributed by atoms with Crippen molar-refractivity contribution >= 4 is 11.7 Å². The first-order valence-electron chi connectivity index (χ1n) is 6.42. The highest BCUT2D eigenvalue weighted by Gasteiger charge is 2.13. The fraction of sp³-hybridized carbons (Fsp3) is 0.500. The number of rotatable bonds is 5. The van der Waals surface area contributed by atoms with Crippen LogP contribution in [0, 0.1) is 5.92 Å². The smallest absolute Gasteiger partial charge is 0.337 e. The molecule has 1 aliphatic rings. The number of esters is 1. The van der Waals surface area contributed by atoms with Crippen molar-refractivity contribution in [1.82, 2.24) is 5.32 Å². The van der Waals surface area contributed by atoms with Gasteiger partial charge in [0.25, 0.3) is 0 Å². The molecule has 0 aliphatic carbocycles. The molecule has 1 heterocycles. The van der Waals surface area contributed by atoms with E-state index in [-0.39, 0.29) is 5.97 Å². The number of nitrogens with one attached hydrogen (secondary N) is 2. The summed E-state index contributed by atoms with van der Waals surface area (Å²) in [6.45, 7) is 3.21. The van der Waals surface area contributed by atoms with E-state index in [1.807, 2.05) is 18.2 Å². The van der Waals surface area contributed by atoms with Gasteiger partial charge in [-0.05, 0) is 50.0 Å². The van der Waals surface area contributed by atoms with Crippen molar-refractivity contribution in [2.24, 2.45) is 5.92 Å². The third kappa shape index (κ3) is 3.47. The van der Waals surface area contributed by atoms with Gasteiger partial charge >= 0.3 is 5.97 Å². The summed E-state index contributed by atoms with van der Waals surface area (Å²) in [5.41, 5.74) is 1.56. The van der Waals surface area contributed by atoms with E-state index in [0.29, 0.717) is 5.56 Å². The van der Waals surface area contributed by atoms with Crippen LogP contribution in [0.3, 0.4) is 0 Å². The van der Waals surface area contributed by atoms with E-state index >= 15 is 0 Å². The fourth-order valence-corrected chi connectivity index (χ4v) is 2.26. The molecule has 4 heteroatoms. The molecule has 0 saturated carbocycles. The Kier molecular flexibility index (Phi) is 4.59. The molecule has 0 radical (unpaired) electrons. The number of benzene rings is 1. The van der Waals surface area contributed by atoms with E-state index in [1.165, 1.54) is 13.5 Å². The van der Waals surface area contributed by atoms with Crippen LogP contribution in [0.25, 0.3) is 0 Å². The maximum absolute atomic E-state index is 11.4. The molecule has 0 amide bonds. The summed E-state index contributed by atoms with van der Waals surface area (Å²) >= 11 is 0. The number of methoxy groups -OCH3 is 1. The van der Waals surface area contributed by atoms with Gasteiger partial charge in [-0.3, -0.25) is 0 Å². The lowest BCUT2D eigenvalue weighted by Crippen LogP contribution is -2.13. The largest absolute Gasteiger partial charge is 0.465 e. The first-order chi connectivity index (χ1) is 8.79. The number of anilines is 1. The van der Waals surface area contributed by atoms with Crippen LogP contribution in [0.1, 0.15) is 23.2 Å². The molecule has 0 aromatic heterocycles. The molecule has 4 nitrogen and oxygen atoms in total. The molecule has 2 rings (SSSR count). The number of ether oxygens (including phenoxy) is 1. The quantitative estimate of drug-likeness (QED) is 0.781. The molecule has 1 fully saturated rings. The van der Waals surface area contributed by atoms with Crippen molar-refractivity contribution in [3.05, 3.63) is 29.8 Å². The molecule has 1 aromatic rings. The van der Waals surface area contributed by atoms with Gasteiger partial charge in [-0.25, -0.2) is 4.79 Å². The van der Waals surface area contributed by atoms with Crippen molar-refractivity contribution in [3.8, 4) is 0 Å². The summed E-state index contributed by atoms with van der Waals surface area (Å²) in [6.07, 6.45) is 2.43. The molecule has 98 valence electrons. The Hall–Kier alpha value is -1.55. The molecule has 1 aromatic carbocycles. The monoisotopic (exact) mass is 248 g/mol. The van der Waals surface area contributed by atoms with Gasteiger partial charge in [0.2, 0.25) is 0 Å². The van der Waals surface area contributed by atoms with Crippen LogP contribution >= 0.6 is 0 Å². The number of carbonyl (C=O) groups excluding carboxylic acids is 1. The van der Waals surface area contributed by atoms with Gasteiger partial charge in [0.15, 0.2) is 0 Å². The Morgan fingerprint density at radius 2 is 2.44 bits per heavy atom. The van der Waals surface area contributed by atoms with E-state index in [0.717, 1.165) is 37.7 Å². The second-order valence-corrected chi connectivity index (χ2v) is 4.65. The van der Waals surface area contributed by atoms with Crippen LogP contribution in [0.2, 0.25) is 0 Å². The molecule has 1 saturated heterocycles.